The van der Waals surface area contributed by atoms with E-state index in [1.54, 1.807) is 4.31 Å². The second-order valence-electron chi connectivity index (χ2n) is 6.46. The maximum Gasteiger partial charge on any atom is 0.211 e. The zero-order valence-electron chi connectivity index (χ0n) is 14.1. The van der Waals surface area contributed by atoms with Gasteiger partial charge in [-0.25, -0.2) is 22.7 Å². The summed E-state index contributed by atoms with van der Waals surface area (Å²) in [5, 5.41) is 0. The Labute approximate surface area is 143 Å². The predicted molar refractivity (Wildman–Crippen MR) is 94.4 cm³/mol. The standard InChI is InChI=1S/C18H23N3O2S/c1-14-12-17(13-15-6-4-3-5-7-15)20-18(19-14)16-8-10-21(11-9-16)24(2,22)23/h3-7,12,16H,8-11,13H2,1-2H3. The van der Waals surface area contributed by atoms with E-state index >= 15 is 0 Å². The molecule has 0 N–H and O–H groups in total. The molecule has 2 heterocycles. The normalized spacial score (nSPS) is 17.1. The Morgan fingerprint density at radius 3 is 2.42 bits per heavy atom. The summed E-state index contributed by atoms with van der Waals surface area (Å²) in [4.78, 5) is 9.37. The highest BCUT2D eigenvalue weighted by Gasteiger charge is 2.27. The molecule has 1 aliphatic rings. The molecule has 0 radical (unpaired) electrons. The van der Waals surface area contributed by atoms with E-state index in [-0.39, 0.29) is 5.92 Å². The topological polar surface area (TPSA) is 63.2 Å². The quantitative estimate of drug-likeness (QED) is 0.854. The van der Waals surface area contributed by atoms with E-state index in [0.717, 1.165) is 36.5 Å². The van der Waals surface area contributed by atoms with Crippen LogP contribution in [0.15, 0.2) is 36.4 Å². The Hall–Kier alpha value is -1.79. The minimum absolute atomic E-state index is 0.234. The molecule has 0 spiro atoms. The minimum atomic E-state index is -3.10. The second-order valence-corrected chi connectivity index (χ2v) is 8.44. The van der Waals surface area contributed by atoms with Gasteiger partial charge in [-0.3, -0.25) is 0 Å². The van der Waals surface area contributed by atoms with Gasteiger partial charge in [0.1, 0.15) is 5.82 Å². The Kier molecular flexibility index (Phi) is 4.96. The Morgan fingerprint density at radius 1 is 1.12 bits per heavy atom. The lowest BCUT2D eigenvalue weighted by atomic mass is 9.97. The third-order valence-corrected chi connectivity index (χ3v) is 5.74. The molecule has 6 heteroatoms. The molecule has 1 fully saturated rings. The number of aryl methyl sites for hydroxylation is 1. The summed E-state index contributed by atoms with van der Waals surface area (Å²) in [5.74, 6) is 1.09. The van der Waals surface area contributed by atoms with Crippen LogP contribution in [0, 0.1) is 6.92 Å². The van der Waals surface area contributed by atoms with Crippen molar-refractivity contribution in [1.29, 1.82) is 0 Å². The largest absolute Gasteiger partial charge is 0.238 e. The molecular weight excluding hydrogens is 322 g/mol. The first-order chi connectivity index (χ1) is 11.4. The third-order valence-electron chi connectivity index (χ3n) is 4.44. The molecule has 24 heavy (non-hydrogen) atoms. The molecule has 0 saturated carbocycles. The maximum absolute atomic E-state index is 11.6. The molecule has 0 aliphatic carbocycles. The molecule has 1 aliphatic heterocycles. The van der Waals surface area contributed by atoms with Gasteiger partial charge in [0.15, 0.2) is 0 Å². The van der Waals surface area contributed by atoms with Crippen molar-refractivity contribution in [1.82, 2.24) is 14.3 Å². The van der Waals surface area contributed by atoms with Gasteiger partial charge in [-0.1, -0.05) is 30.3 Å². The van der Waals surface area contributed by atoms with Gasteiger partial charge in [0.25, 0.3) is 0 Å². The van der Waals surface area contributed by atoms with Crippen LogP contribution in [0.4, 0.5) is 0 Å². The zero-order chi connectivity index (χ0) is 17.2. The number of piperidine rings is 1. The Bertz CT molecular complexity index is 798. The van der Waals surface area contributed by atoms with Gasteiger partial charge in [0.05, 0.1) is 6.26 Å². The van der Waals surface area contributed by atoms with Gasteiger partial charge in [0.2, 0.25) is 10.0 Å². The number of benzene rings is 1. The zero-order valence-corrected chi connectivity index (χ0v) is 15.0. The molecule has 0 bridgehead atoms. The Balaban J connectivity index is 1.75. The third kappa shape index (κ3) is 4.19. The highest BCUT2D eigenvalue weighted by atomic mass is 32.2. The van der Waals surface area contributed by atoms with Crippen LogP contribution in [0.1, 0.15) is 41.5 Å². The fraction of sp³-hybridized carbons (Fsp3) is 0.444. The van der Waals surface area contributed by atoms with Crippen molar-refractivity contribution in [2.45, 2.75) is 32.1 Å². The summed E-state index contributed by atoms with van der Waals surface area (Å²) in [6, 6.07) is 12.3. The highest BCUT2D eigenvalue weighted by molar-refractivity contribution is 7.88. The lowest BCUT2D eigenvalue weighted by Crippen LogP contribution is -2.37. The van der Waals surface area contributed by atoms with Crippen LogP contribution in [0.2, 0.25) is 0 Å². The number of nitrogens with zero attached hydrogens (tertiary/aromatic N) is 3. The smallest absolute Gasteiger partial charge is 0.211 e. The fourth-order valence-corrected chi connectivity index (χ4v) is 4.06. The number of rotatable bonds is 4. The van der Waals surface area contributed by atoms with Crippen molar-refractivity contribution < 1.29 is 8.42 Å². The molecule has 2 aromatic rings. The van der Waals surface area contributed by atoms with Gasteiger partial charge in [-0.05, 0) is 31.4 Å². The summed E-state index contributed by atoms with van der Waals surface area (Å²) in [6.07, 6.45) is 3.62. The van der Waals surface area contributed by atoms with Crippen LogP contribution in [0.5, 0.6) is 0 Å². The molecule has 0 amide bonds. The van der Waals surface area contributed by atoms with Gasteiger partial charge >= 0.3 is 0 Å². The number of sulfonamides is 1. The van der Waals surface area contributed by atoms with Crippen LogP contribution in [0.25, 0.3) is 0 Å². The van der Waals surface area contributed by atoms with Crippen LogP contribution < -0.4 is 0 Å². The maximum atomic E-state index is 11.6. The molecular formula is C18H23N3O2S. The number of aromatic nitrogens is 2. The summed E-state index contributed by atoms with van der Waals surface area (Å²) in [7, 11) is -3.10. The van der Waals surface area contributed by atoms with Crippen molar-refractivity contribution in [3.8, 4) is 0 Å². The van der Waals surface area contributed by atoms with Crippen LogP contribution >= 0.6 is 0 Å². The first-order valence-corrected chi connectivity index (χ1v) is 10.1. The summed E-state index contributed by atoms with van der Waals surface area (Å²) >= 11 is 0. The number of hydrogen-bond acceptors (Lipinski definition) is 4. The van der Waals surface area contributed by atoms with E-state index in [1.807, 2.05) is 31.2 Å². The molecule has 0 atom stereocenters. The van der Waals surface area contributed by atoms with E-state index < -0.39 is 10.0 Å². The van der Waals surface area contributed by atoms with Crippen molar-refractivity contribution in [3.63, 3.8) is 0 Å². The second kappa shape index (κ2) is 6.99. The average Bonchev–Trinajstić information content (AvgIpc) is 2.54. The summed E-state index contributed by atoms with van der Waals surface area (Å²) in [5.41, 5.74) is 3.22. The van der Waals surface area contributed by atoms with Crippen LogP contribution in [-0.2, 0) is 16.4 Å². The van der Waals surface area contributed by atoms with Gasteiger partial charge in [-0.15, -0.1) is 0 Å². The van der Waals surface area contributed by atoms with E-state index in [2.05, 4.69) is 17.1 Å². The summed E-state index contributed by atoms with van der Waals surface area (Å²) < 4.78 is 24.8. The molecule has 128 valence electrons. The SMILES string of the molecule is Cc1cc(Cc2ccccc2)nc(C2CCN(S(C)(=O)=O)CC2)n1. The molecule has 0 unspecified atom stereocenters. The van der Waals surface area contributed by atoms with Gasteiger partial charge in [0, 0.05) is 36.8 Å². The van der Waals surface area contributed by atoms with Crippen molar-refractivity contribution in [3.05, 3.63) is 59.2 Å². The first-order valence-electron chi connectivity index (χ1n) is 8.25. The first kappa shape index (κ1) is 17.0. The van der Waals surface area contributed by atoms with Crippen LogP contribution in [0.3, 0.4) is 0 Å². The molecule has 1 aromatic carbocycles. The predicted octanol–water partition coefficient (Wildman–Crippen LogP) is 2.51. The van der Waals surface area contributed by atoms with E-state index in [1.165, 1.54) is 11.8 Å². The average molecular weight is 345 g/mol. The summed E-state index contributed by atoms with van der Waals surface area (Å²) in [6.45, 7) is 3.09. The van der Waals surface area contributed by atoms with Crippen LogP contribution in [-0.4, -0.2) is 42.0 Å². The molecule has 1 aromatic heterocycles. The van der Waals surface area contributed by atoms with Crippen molar-refractivity contribution in [2.24, 2.45) is 0 Å². The lowest BCUT2D eigenvalue weighted by Gasteiger charge is -2.29. The lowest BCUT2D eigenvalue weighted by molar-refractivity contribution is 0.315. The van der Waals surface area contributed by atoms with Gasteiger partial charge < -0.3 is 0 Å². The van der Waals surface area contributed by atoms with Crippen molar-refractivity contribution >= 4 is 10.0 Å². The monoisotopic (exact) mass is 345 g/mol. The number of hydrogen-bond donors (Lipinski definition) is 0. The minimum Gasteiger partial charge on any atom is -0.238 e. The van der Waals surface area contributed by atoms with Crippen molar-refractivity contribution in [2.75, 3.05) is 19.3 Å². The molecule has 1 saturated heterocycles. The molecule has 5 nitrogen and oxygen atoms in total. The fourth-order valence-electron chi connectivity index (χ4n) is 3.18. The Morgan fingerprint density at radius 2 is 1.79 bits per heavy atom. The molecule has 3 rings (SSSR count). The highest BCUT2D eigenvalue weighted by Crippen LogP contribution is 2.27. The van der Waals surface area contributed by atoms with E-state index in [4.69, 9.17) is 4.98 Å². The van der Waals surface area contributed by atoms with E-state index in [0.29, 0.717) is 13.1 Å². The van der Waals surface area contributed by atoms with E-state index in [9.17, 15) is 8.42 Å². The van der Waals surface area contributed by atoms with Gasteiger partial charge in [-0.2, -0.15) is 0 Å².